The maximum Gasteiger partial charge on any atom is 0.331 e. The third-order valence-electron chi connectivity index (χ3n) is 4.61. The van der Waals surface area contributed by atoms with Gasteiger partial charge in [-0.3, -0.25) is 10.1 Å². The summed E-state index contributed by atoms with van der Waals surface area (Å²) < 4.78 is 5.01. The Morgan fingerprint density at radius 1 is 1.18 bits per heavy atom. The third-order valence-corrected chi connectivity index (χ3v) is 5.16. The van der Waals surface area contributed by atoms with Crippen molar-refractivity contribution < 1.29 is 9.66 Å². The molecule has 1 radical (unpaired) electrons. The van der Waals surface area contributed by atoms with Gasteiger partial charge in [0.25, 0.3) is 5.88 Å². The van der Waals surface area contributed by atoms with Gasteiger partial charge in [0.05, 0.1) is 34.4 Å². The van der Waals surface area contributed by atoms with Crippen LogP contribution in [0.3, 0.4) is 0 Å². The number of hydrogen-bond acceptors (Lipinski definition) is 8. The van der Waals surface area contributed by atoms with Crippen LogP contribution >= 0.6 is 23.2 Å². The maximum absolute atomic E-state index is 11.1. The summed E-state index contributed by atoms with van der Waals surface area (Å²) in [6.45, 7) is 4.05. The van der Waals surface area contributed by atoms with E-state index in [4.69, 9.17) is 27.9 Å². The Hall–Kier alpha value is -3.76. The molecule has 1 atom stereocenters. The number of benzene rings is 1. The fraction of sp³-hybridized carbons (Fsp3) is 0.0952. The number of nitrogens with zero attached hydrogens (tertiary/aromatic N) is 5. The van der Waals surface area contributed by atoms with Crippen LogP contribution in [0.25, 0.3) is 22.6 Å². The minimum Gasteiger partial charge on any atom is -0.476 e. The normalized spacial score (nSPS) is 11.8. The van der Waals surface area contributed by atoms with E-state index < -0.39 is 11.0 Å². The van der Waals surface area contributed by atoms with Crippen molar-refractivity contribution in [3.8, 4) is 28.5 Å². The SMILES string of the molecule is [CH2]C(Nc1ccc([N+](=O)[O-])c(OC)n1)c1ncc(-c2ncc[nH]2)c(-c2ccc(Cl)cc2Cl)n1. The molecule has 2 N–H and O–H groups in total. The van der Waals surface area contributed by atoms with E-state index >= 15 is 0 Å². The van der Waals surface area contributed by atoms with Crippen molar-refractivity contribution in [1.82, 2.24) is 24.9 Å². The number of rotatable bonds is 7. The number of halogens is 2. The number of methoxy groups -OCH3 is 1. The quantitative estimate of drug-likeness (QED) is 0.272. The van der Waals surface area contributed by atoms with Gasteiger partial charge in [0, 0.05) is 35.2 Å². The molecule has 167 valence electrons. The van der Waals surface area contributed by atoms with Crippen LogP contribution in [0, 0.1) is 17.0 Å². The monoisotopic (exact) mass is 484 g/mol. The number of H-pyrrole nitrogens is 1. The molecule has 1 unspecified atom stereocenters. The number of aromatic nitrogens is 5. The van der Waals surface area contributed by atoms with Crippen LogP contribution in [0.2, 0.25) is 10.0 Å². The predicted molar refractivity (Wildman–Crippen MR) is 124 cm³/mol. The van der Waals surface area contributed by atoms with Crippen molar-refractivity contribution in [2.24, 2.45) is 0 Å². The highest BCUT2D eigenvalue weighted by molar-refractivity contribution is 6.36. The molecule has 3 aromatic heterocycles. The maximum atomic E-state index is 11.1. The zero-order valence-electron chi connectivity index (χ0n) is 17.1. The van der Waals surface area contributed by atoms with Crippen molar-refractivity contribution in [2.75, 3.05) is 12.4 Å². The van der Waals surface area contributed by atoms with Gasteiger partial charge in [-0.1, -0.05) is 23.2 Å². The second-order valence-corrected chi connectivity index (χ2v) is 7.57. The number of imidazole rings is 1. The van der Waals surface area contributed by atoms with Gasteiger partial charge in [0.1, 0.15) is 11.6 Å². The molecular formula is C21H16Cl2N7O3. The zero-order valence-corrected chi connectivity index (χ0v) is 18.6. The topological polar surface area (TPSA) is 132 Å². The molecule has 0 amide bonds. The van der Waals surface area contributed by atoms with Gasteiger partial charge >= 0.3 is 5.69 Å². The van der Waals surface area contributed by atoms with Crippen LogP contribution in [0.4, 0.5) is 11.5 Å². The molecule has 0 spiro atoms. The highest BCUT2D eigenvalue weighted by Gasteiger charge is 2.21. The van der Waals surface area contributed by atoms with Gasteiger partial charge in [-0.05, 0) is 31.2 Å². The molecule has 4 rings (SSSR count). The summed E-state index contributed by atoms with van der Waals surface area (Å²) in [5, 5.41) is 15.0. The average Bonchev–Trinajstić information content (AvgIpc) is 3.33. The Morgan fingerprint density at radius 2 is 2.00 bits per heavy atom. The molecule has 0 saturated carbocycles. The molecule has 10 nitrogen and oxygen atoms in total. The Bertz CT molecular complexity index is 1320. The summed E-state index contributed by atoms with van der Waals surface area (Å²) in [4.78, 5) is 31.1. The Labute approximate surface area is 198 Å². The van der Waals surface area contributed by atoms with Gasteiger partial charge in [0.15, 0.2) is 5.82 Å². The first-order valence-electron chi connectivity index (χ1n) is 9.48. The average molecular weight is 485 g/mol. The van der Waals surface area contributed by atoms with E-state index in [0.717, 1.165) is 0 Å². The van der Waals surface area contributed by atoms with Gasteiger partial charge in [-0.15, -0.1) is 0 Å². The third kappa shape index (κ3) is 4.71. The molecule has 0 saturated heterocycles. The lowest BCUT2D eigenvalue weighted by Crippen LogP contribution is -2.13. The van der Waals surface area contributed by atoms with Gasteiger partial charge in [-0.2, -0.15) is 4.98 Å². The van der Waals surface area contributed by atoms with E-state index in [2.05, 4.69) is 37.2 Å². The number of pyridine rings is 1. The second kappa shape index (κ2) is 9.39. The fourth-order valence-corrected chi connectivity index (χ4v) is 3.58. The Morgan fingerprint density at radius 3 is 2.67 bits per heavy atom. The second-order valence-electron chi connectivity index (χ2n) is 6.73. The van der Waals surface area contributed by atoms with Crippen LogP contribution in [-0.4, -0.2) is 37.0 Å². The minimum atomic E-state index is -0.654. The lowest BCUT2D eigenvalue weighted by Gasteiger charge is -2.16. The lowest BCUT2D eigenvalue weighted by atomic mass is 10.1. The van der Waals surface area contributed by atoms with Crippen molar-refractivity contribution >= 4 is 34.7 Å². The van der Waals surface area contributed by atoms with Crippen LogP contribution in [0.5, 0.6) is 5.88 Å². The van der Waals surface area contributed by atoms with E-state index in [1.165, 1.54) is 19.2 Å². The fourth-order valence-electron chi connectivity index (χ4n) is 3.08. The molecule has 0 aliphatic rings. The molecule has 4 aromatic rings. The van der Waals surface area contributed by atoms with Crippen LogP contribution in [-0.2, 0) is 0 Å². The van der Waals surface area contributed by atoms with E-state index in [0.29, 0.717) is 44.3 Å². The van der Waals surface area contributed by atoms with Crippen LogP contribution < -0.4 is 10.1 Å². The molecule has 0 aliphatic carbocycles. The first-order valence-corrected chi connectivity index (χ1v) is 10.2. The lowest BCUT2D eigenvalue weighted by molar-refractivity contribution is -0.386. The molecule has 3 heterocycles. The van der Waals surface area contributed by atoms with Gasteiger partial charge in [-0.25, -0.2) is 15.0 Å². The predicted octanol–water partition coefficient (Wildman–Crippen LogP) is 5.14. The summed E-state index contributed by atoms with van der Waals surface area (Å²) in [5.74, 6) is 1.09. The molecule has 33 heavy (non-hydrogen) atoms. The van der Waals surface area contributed by atoms with E-state index in [1.54, 1.807) is 36.8 Å². The van der Waals surface area contributed by atoms with Crippen LogP contribution in [0.1, 0.15) is 11.9 Å². The number of aromatic amines is 1. The summed E-state index contributed by atoms with van der Waals surface area (Å²) in [5.41, 5.74) is 1.55. The van der Waals surface area contributed by atoms with Crippen molar-refractivity contribution in [3.05, 3.63) is 81.8 Å². The number of ether oxygens (including phenoxy) is 1. The molecule has 0 aliphatic heterocycles. The first-order chi connectivity index (χ1) is 15.9. The van der Waals surface area contributed by atoms with Crippen molar-refractivity contribution in [2.45, 2.75) is 6.04 Å². The molecule has 0 bridgehead atoms. The number of hydrogen-bond donors (Lipinski definition) is 2. The minimum absolute atomic E-state index is 0.125. The highest BCUT2D eigenvalue weighted by atomic mass is 35.5. The molecular weight excluding hydrogens is 469 g/mol. The zero-order chi connectivity index (χ0) is 23.5. The van der Waals surface area contributed by atoms with Crippen molar-refractivity contribution in [3.63, 3.8) is 0 Å². The standard InChI is InChI=1S/C21H16Cl2N7O3/c1-11(27-17-6-5-16(30(31)32)21(28-17)33-2)19-26-10-14(20-24-7-8-25-20)18(29-19)13-4-3-12(22)9-15(13)23/h3-11H,1H2,2H3,(H,24,25)(H,27,28). The van der Waals surface area contributed by atoms with E-state index in [9.17, 15) is 10.1 Å². The smallest absolute Gasteiger partial charge is 0.331 e. The Balaban J connectivity index is 1.72. The number of nitrogens with one attached hydrogen (secondary N) is 2. The van der Waals surface area contributed by atoms with Gasteiger partial charge in [0.2, 0.25) is 0 Å². The summed E-state index contributed by atoms with van der Waals surface area (Å²) in [6, 6.07) is 7.19. The molecule has 0 fully saturated rings. The van der Waals surface area contributed by atoms with Crippen LogP contribution in [0.15, 0.2) is 48.9 Å². The summed E-state index contributed by atoms with van der Waals surface area (Å²) >= 11 is 12.5. The Kier molecular flexibility index (Phi) is 6.38. The van der Waals surface area contributed by atoms with Crippen molar-refractivity contribution in [1.29, 1.82) is 0 Å². The summed E-state index contributed by atoms with van der Waals surface area (Å²) in [7, 11) is 1.30. The largest absolute Gasteiger partial charge is 0.476 e. The number of nitro groups is 1. The highest BCUT2D eigenvalue weighted by Crippen LogP contribution is 2.35. The van der Waals surface area contributed by atoms with E-state index in [-0.39, 0.29) is 11.6 Å². The molecule has 12 heteroatoms. The van der Waals surface area contributed by atoms with E-state index in [1.807, 2.05) is 0 Å². The number of anilines is 1. The van der Waals surface area contributed by atoms with Gasteiger partial charge < -0.3 is 15.0 Å². The summed E-state index contributed by atoms with van der Waals surface area (Å²) in [6.07, 6.45) is 4.93. The molecule has 1 aromatic carbocycles. The first kappa shape index (κ1) is 22.4.